The number of benzene rings is 1. The lowest BCUT2D eigenvalue weighted by atomic mass is 10.1. The van der Waals surface area contributed by atoms with Crippen LogP contribution >= 0.6 is 0 Å². The van der Waals surface area contributed by atoms with Crippen LogP contribution in [0.25, 0.3) is 0 Å². The van der Waals surface area contributed by atoms with E-state index in [9.17, 15) is 4.39 Å². The molecule has 6 heteroatoms. The minimum Gasteiger partial charge on any atom is -0.378 e. The van der Waals surface area contributed by atoms with E-state index in [-0.39, 0.29) is 11.4 Å². The molecule has 2 rings (SSSR count). The zero-order valence-corrected chi connectivity index (χ0v) is 13.5. The number of anilines is 1. The molecular formula is C16H25FN4O. The van der Waals surface area contributed by atoms with E-state index in [0.29, 0.717) is 31.4 Å². The van der Waals surface area contributed by atoms with Crippen molar-refractivity contribution in [1.82, 2.24) is 5.32 Å². The van der Waals surface area contributed by atoms with Crippen LogP contribution in [0, 0.1) is 5.82 Å². The van der Waals surface area contributed by atoms with Crippen molar-refractivity contribution in [2.24, 2.45) is 10.7 Å². The van der Waals surface area contributed by atoms with Crippen LogP contribution in [0.2, 0.25) is 0 Å². The Bertz CT molecular complexity index is 533. The van der Waals surface area contributed by atoms with Crippen molar-refractivity contribution in [3.05, 3.63) is 29.6 Å². The lowest BCUT2D eigenvalue weighted by Gasteiger charge is -2.29. The highest BCUT2D eigenvalue weighted by atomic mass is 19.1. The van der Waals surface area contributed by atoms with Gasteiger partial charge in [0.25, 0.3) is 0 Å². The second kappa shape index (κ2) is 6.96. The fraction of sp³-hybridized carbons (Fsp3) is 0.562. The molecule has 0 aliphatic carbocycles. The second-order valence-corrected chi connectivity index (χ2v) is 6.46. The van der Waals surface area contributed by atoms with E-state index in [1.807, 2.05) is 31.7 Å². The van der Waals surface area contributed by atoms with E-state index >= 15 is 0 Å². The molecule has 0 bridgehead atoms. The second-order valence-electron chi connectivity index (χ2n) is 6.46. The van der Waals surface area contributed by atoms with Gasteiger partial charge < -0.3 is 20.7 Å². The molecule has 0 amide bonds. The number of nitrogens with two attached hydrogens (primary N) is 1. The van der Waals surface area contributed by atoms with Crippen molar-refractivity contribution in [1.29, 1.82) is 0 Å². The van der Waals surface area contributed by atoms with Gasteiger partial charge in [-0.05, 0) is 38.5 Å². The van der Waals surface area contributed by atoms with Crippen molar-refractivity contribution in [3.63, 3.8) is 0 Å². The molecule has 122 valence electrons. The molecule has 0 radical (unpaired) electrons. The van der Waals surface area contributed by atoms with Gasteiger partial charge in [-0.25, -0.2) is 9.38 Å². The van der Waals surface area contributed by atoms with Crippen molar-refractivity contribution in [2.45, 2.75) is 32.9 Å². The van der Waals surface area contributed by atoms with Crippen molar-refractivity contribution >= 4 is 11.6 Å². The van der Waals surface area contributed by atoms with E-state index in [4.69, 9.17) is 10.5 Å². The topological polar surface area (TPSA) is 62.9 Å². The van der Waals surface area contributed by atoms with Crippen LogP contribution in [-0.2, 0) is 11.3 Å². The van der Waals surface area contributed by atoms with Crippen molar-refractivity contribution in [3.8, 4) is 0 Å². The van der Waals surface area contributed by atoms with Gasteiger partial charge in [0, 0.05) is 18.6 Å². The fourth-order valence-electron chi connectivity index (χ4n) is 2.31. The normalized spacial score (nSPS) is 16.7. The third-order valence-corrected chi connectivity index (χ3v) is 3.30. The predicted octanol–water partition coefficient (Wildman–Crippen LogP) is 1.87. The van der Waals surface area contributed by atoms with Crippen LogP contribution in [0.15, 0.2) is 23.2 Å². The van der Waals surface area contributed by atoms with Gasteiger partial charge in [0.1, 0.15) is 5.82 Å². The molecular weight excluding hydrogens is 283 g/mol. The van der Waals surface area contributed by atoms with Crippen LogP contribution in [0.4, 0.5) is 10.1 Å². The van der Waals surface area contributed by atoms with Crippen LogP contribution < -0.4 is 16.0 Å². The van der Waals surface area contributed by atoms with Crippen molar-refractivity contribution < 1.29 is 9.13 Å². The average Bonchev–Trinajstić information content (AvgIpc) is 2.44. The minimum absolute atomic E-state index is 0.140. The first-order valence-corrected chi connectivity index (χ1v) is 7.54. The molecule has 1 aromatic rings. The Morgan fingerprint density at radius 2 is 2.05 bits per heavy atom. The first-order chi connectivity index (χ1) is 10.3. The van der Waals surface area contributed by atoms with Gasteiger partial charge in [-0.2, -0.15) is 0 Å². The maximum absolute atomic E-state index is 14.3. The molecule has 1 aromatic carbocycles. The number of aliphatic imine (C=N–C) groups is 1. The maximum atomic E-state index is 14.3. The number of morpholine rings is 1. The highest BCUT2D eigenvalue weighted by molar-refractivity contribution is 5.78. The van der Waals surface area contributed by atoms with Gasteiger partial charge in [-0.3, -0.25) is 0 Å². The molecule has 1 saturated heterocycles. The summed E-state index contributed by atoms with van der Waals surface area (Å²) < 4.78 is 19.5. The van der Waals surface area contributed by atoms with E-state index in [1.54, 1.807) is 6.07 Å². The Labute approximate surface area is 131 Å². The number of guanidine groups is 1. The molecule has 1 aliphatic rings. The molecule has 0 saturated carbocycles. The summed E-state index contributed by atoms with van der Waals surface area (Å²) >= 11 is 0. The fourth-order valence-corrected chi connectivity index (χ4v) is 2.31. The van der Waals surface area contributed by atoms with E-state index in [1.165, 1.54) is 6.07 Å². The van der Waals surface area contributed by atoms with Gasteiger partial charge in [0.2, 0.25) is 0 Å². The number of ether oxygens (including phenoxy) is 1. The summed E-state index contributed by atoms with van der Waals surface area (Å²) in [5, 5.41) is 3.08. The van der Waals surface area contributed by atoms with Crippen LogP contribution in [0.3, 0.4) is 0 Å². The number of nitrogens with zero attached hydrogens (tertiary/aromatic N) is 2. The lowest BCUT2D eigenvalue weighted by molar-refractivity contribution is 0.122. The summed E-state index contributed by atoms with van der Waals surface area (Å²) in [6.45, 7) is 9.09. The molecule has 0 unspecified atom stereocenters. The third-order valence-electron chi connectivity index (χ3n) is 3.30. The van der Waals surface area contributed by atoms with Crippen LogP contribution in [-0.4, -0.2) is 37.8 Å². The number of hydrogen-bond acceptors (Lipinski definition) is 3. The molecule has 0 aromatic heterocycles. The smallest absolute Gasteiger partial charge is 0.189 e. The summed E-state index contributed by atoms with van der Waals surface area (Å²) in [4.78, 5) is 6.25. The zero-order valence-electron chi connectivity index (χ0n) is 13.5. The van der Waals surface area contributed by atoms with E-state index < -0.39 is 0 Å². The largest absolute Gasteiger partial charge is 0.378 e. The minimum atomic E-state index is -0.225. The lowest BCUT2D eigenvalue weighted by Crippen LogP contribution is -2.44. The molecule has 3 N–H and O–H groups in total. The molecule has 5 nitrogen and oxygen atoms in total. The Hall–Kier alpha value is -1.82. The van der Waals surface area contributed by atoms with Gasteiger partial charge in [0.15, 0.2) is 5.96 Å². The molecule has 1 fully saturated rings. The predicted molar refractivity (Wildman–Crippen MR) is 87.6 cm³/mol. The van der Waals surface area contributed by atoms with Gasteiger partial charge in [-0.15, -0.1) is 0 Å². The molecule has 1 aliphatic heterocycles. The Balaban J connectivity index is 2.01. The third kappa shape index (κ3) is 4.87. The quantitative estimate of drug-likeness (QED) is 0.661. The standard InChI is InChI=1S/C16H25FN4O/c1-16(2,3)20-15(18)19-11-12-4-5-14(13(17)10-12)21-6-8-22-9-7-21/h4-5,10H,6-9,11H2,1-3H3,(H3,18,19,20). The summed E-state index contributed by atoms with van der Waals surface area (Å²) in [5.74, 6) is 0.141. The van der Waals surface area contributed by atoms with Gasteiger partial charge >= 0.3 is 0 Å². The zero-order chi connectivity index (χ0) is 16.2. The van der Waals surface area contributed by atoms with Crippen LogP contribution in [0.5, 0.6) is 0 Å². The molecule has 1 heterocycles. The van der Waals surface area contributed by atoms with Gasteiger partial charge in [-0.1, -0.05) is 6.07 Å². The Kier molecular flexibility index (Phi) is 5.24. The van der Waals surface area contributed by atoms with Crippen LogP contribution in [0.1, 0.15) is 26.3 Å². The van der Waals surface area contributed by atoms with Gasteiger partial charge in [0.05, 0.1) is 25.4 Å². The summed E-state index contributed by atoms with van der Waals surface area (Å²) in [6.07, 6.45) is 0. The first kappa shape index (κ1) is 16.5. The summed E-state index contributed by atoms with van der Waals surface area (Å²) in [6, 6.07) is 5.22. The molecule has 0 spiro atoms. The van der Waals surface area contributed by atoms with E-state index in [0.717, 1.165) is 18.7 Å². The number of halogens is 1. The SMILES string of the molecule is CC(C)(C)NC(N)=NCc1ccc(N2CCOCC2)c(F)c1. The summed E-state index contributed by atoms with van der Waals surface area (Å²) in [7, 11) is 0. The summed E-state index contributed by atoms with van der Waals surface area (Å²) in [5.41, 5.74) is 7.10. The van der Waals surface area contributed by atoms with E-state index in [2.05, 4.69) is 10.3 Å². The highest BCUT2D eigenvalue weighted by Gasteiger charge is 2.15. The number of rotatable bonds is 3. The maximum Gasteiger partial charge on any atom is 0.189 e. The molecule has 22 heavy (non-hydrogen) atoms. The first-order valence-electron chi connectivity index (χ1n) is 7.54. The Morgan fingerprint density at radius 1 is 1.36 bits per heavy atom. The average molecular weight is 308 g/mol. The monoisotopic (exact) mass is 308 g/mol. The number of hydrogen-bond donors (Lipinski definition) is 2. The highest BCUT2D eigenvalue weighted by Crippen LogP contribution is 2.21. The van der Waals surface area contributed by atoms with Crippen molar-refractivity contribution in [2.75, 3.05) is 31.2 Å². The Morgan fingerprint density at radius 3 is 2.64 bits per heavy atom. The number of nitrogens with one attached hydrogen (secondary N) is 1. The molecule has 0 atom stereocenters.